The molecule has 0 saturated carbocycles. The van der Waals surface area contributed by atoms with E-state index in [4.69, 9.17) is 4.74 Å². The number of hydrogen-bond donors (Lipinski definition) is 0. The van der Waals surface area contributed by atoms with Crippen LogP contribution >= 0.6 is 0 Å². The minimum atomic E-state index is -0.235. The van der Waals surface area contributed by atoms with Crippen LogP contribution in [0, 0.1) is 0 Å². The van der Waals surface area contributed by atoms with E-state index in [1.807, 2.05) is 30.3 Å². The number of hydrogen-bond acceptors (Lipinski definition) is 2. The van der Waals surface area contributed by atoms with E-state index in [1.54, 1.807) is 0 Å². The van der Waals surface area contributed by atoms with Crippen LogP contribution in [0.1, 0.15) is 18.0 Å². The van der Waals surface area contributed by atoms with Crippen molar-refractivity contribution < 1.29 is 14.0 Å². The molecule has 0 bridgehead atoms. The quantitative estimate of drug-likeness (QED) is 0.465. The number of methoxy groups -OCH3 is 1. The van der Waals surface area contributed by atoms with Gasteiger partial charge in [0.1, 0.15) is 0 Å². The van der Waals surface area contributed by atoms with Gasteiger partial charge in [0, 0.05) is 12.0 Å². The molecule has 18 heavy (non-hydrogen) atoms. The zero-order chi connectivity index (χ0) is 13.0. The number of ether oxygens (including phenoxy) is 1. The molecule has 96 valence electrons. The first-order chi connectivity index (χ1) is 8.67. The topological polar surface area (TPSA) is 26.3 Å². The Labute approximate surface area is 108 Å². The maximum absolute atomic E-state index is 12.2. The van der Waals surface area contributed by atoms with E-state index in [-0.39, 0.29) is 12.0 Å². The first-order valence-electron chi connectivity index (χ1n) is 6.29. The summed E-state index contributed by atoms with van der Waals surface area (Å²) in [5.41, 5.74) is 1.03. The second kappa shape index (κ2) is 5.36. The molecule has 0 fully saturated rings. The number of carbonyl (C=O) groups is 1. The van der Waals surface area contributed by atoms with Crippen LogP contribution in [-0.4, -0.2) is 37.7 Å². The average molecular weight is 246 g/mol. The van der Waals surface area contributed by atoms with Gasteiger partial charge in [-0.1, -0.05) is 36.4 Å². The average Bonchev–Trinajstić information content (AvgIpc) is 2.40. The van der Waals surface area contributed by atoms with E-state index in [2.05, 4.69) is 19.2 Å². The summed E-state index contributed by atoms with van der Waals surface area (Å²) in [5, 5.41) is 0. The van der Waals surface area contributed by atoms with Gasteiger partial charge in [0.25, 0.3) is 0 Å². The van der Waals surface area contributed by atoms with E-state index >= 15 is 0 Å². The summed E-state index contributed by atoms with van der Waals surface area (Å²) in [6.45, 7) is 1.83. The molecule has 0 amide bonds. The molecule has 0 saturated heterocycles. The predicted octanol–water partition coefficient (Wildman–Crippen LogP) is 2.31. The molecule has 0 aromatic heterocycles. The summed E-state index contributed by atoms with van der Waals surface area (Å²) < 4.78 is 5.69. The van der Waals surface area contributed by atoms with Crippen molar-refractivity contribution in [1.29, 1.82) is 0 Å². The van der Waals surface area contributed by atoms with Gasteiger partial charge in [-0.3, -0.25) is 0 Å². The largest absolute Gasteiger partial charge is 0.464 e. The molecular formula is C15H20NO2+. The SMILES string of the molecule is COC(=O)C(c1ccccc1)[N+]1(C)CC=CCC1. The van der Waals surface area contributed by atoms with Crippen molar-refractivity contribution in [3.05, 3.63) is 48.0 Å². The van der Waals surface area contributed by atoms with Crippen molar-refractivity contribution in [2.45, 2.75) is 12.5 Å². The minimum Gasteiger partial charge on any atom is -0.464 e. The number of carbonyl (C=O) groups excluding carboxylic acids is 1. The lowest BCUT2D eigenvalue weighted by Gasteiger charge is -2.40. The van der Waals surface area contributed by atoms with Gasteiger partial charge in [-0.05, 0) is 6.08 Å². The van der Waals surface area contributed by atoms with Gasteiger partial charge in [-0.15, -0.1) is 0 Å². The Morgan fingerprint density at radius 3 is 2.56 bits per heavy atom. The smallest absolute Gasteiger partial charge is 0.369 e. The Morgan fingerprint density at radius 1 is 1.28 bits per heavy atom. The third-order valence-corrected chi connectivity index (χ3v) is 3.66. The van der Waals surface area contributed by atoms with Gasteiger partial charge < -0.3 is 9.22 Å². The molecular weight excluding hydrogens is 226 g/mol. The lowest BCUT2D eigenvalue weighted by molar-refractivity contribution is -0.926. The Hall–Kier alpha value is -1.61. The second-order valence-corrected chi connectivity index (χ2v) is 4.98. The maximum Gasteiger partial charge on any atom is 0.369 e. The highest BCUT2D eigenvalue weighted by atomic mass is 16.5. The van der Waals surface area contributed by atoms with Gasteiger partial charge in [0.2, 0.25) is 6.04 Å². The lowest BCUT2D eigenvalue weighted by Crippen LogP contribution is -2.52. The third-order valence-electron chi connectivity index (χ3n) is 3.66. The van der Waals surface area contributed by atoms with Crippen molar-refractivity contribution in [2.75, 3.05) is 27.2 Å². The molecule has 1 aromatic carbocycles. The van der Waals surface area contributed by atoms with Gasteiger partial charge in [0.15, 0.2) is 0 Å². The molecule has 1 aliphatic heterocycles. The van der Waals surface area contributed by atoms with Crippen LogP contribution in [0.2, 0.25) is 0 Å². The van der Waals surface area contributed by atoms with E-state index in [0.29, 0.717) is 4.48 Å². The van der Waals surface area contributed by atoms with Crippen LogP contribution in [0.5, 0.6) is 0 Å². The van der Waals surface area contributed by atoms with Crippen molar-refractivity contribution in [2.24, 2.45) is 0 Å². The fraction of sp³-hybridized carbons (Fsp3) is 0.400. The zero-order valence-electron chi connectivity index (χ0n) is 11.0. The standard InChI is InChI=1S/C15H20NO2/c1-16(11-7-4-8-12-16)14(15(17)18-2)13-9-5-3-6-10-13/h3-7,9-10,14H,8,11-12H2,1-2H3/q+1. The molecule has 2 unspecified atom stereocenters. The van der Waals surface area contributed by atoms with Crippen LogP contribution in [0.25, 0.3) is 0 Å². The normalized spacial score (nSPS) is 24.6. The number of quaternary nitrogens is 1. The van der Waals surface area contributed by atoms with Crippen molar-refractivity contribution >= 4 is 5.97 Å². The molecule has 1 aromatic rings. The fourth-order valence-corrected chi connectivity index (χ4v) is 2.63. The number of likely N-dealkylation sites (N-methyl/N-ethyl adjacent to an activating group) is 1. The third kappa shape index (κ3) is 2.46. The Morgan fingerprint density at radius 2 is 2.00 bits per heavy atom. The van der Waals surface area contributed by atoms with Crippen molar-refractivity contribution in [3.8, 4) is 0 Å². The van der Waals surface area contributed by atoms with Gasteiger partial charge in [-0.2, -0.15) is 0 Å². The molecule has 0 radical (unpaired) electrons. The Balaban J connectivity index is 2.37. The number of benzene rings is 1. The molecule has 1 aliphatic rings. The summed E-state index contributed by atoms with van der Waals surface area (Å²) in [6.07, 6.45) is 5.35. The fourth-order valence-electron chi connectivity index (χ4n) is 2.63. The molecule has 3 nitrogen and oxygen atoms in total. The Kier molecular flexibility index (Phi) is 3.82. The van der Waals surface area contributed by atoms with E-state index in [1.165, 1.54) is 7.11 Å². The van der Waals surface area contributed by atoms with Crippen LogP contribution in [0.15, 0.2) is 42.5 Å². The monoisotopic (exact) mass is 246 g/mol. The predicted molar refractivity (Wildman–Crippen MR) is 70.9 cm³/mol. The van der Waals surface area contributed by atoms with E-state index in [0.717, 1.165) is 25.1 Å². The first kappa shape index (κ1) is 12.8. The van der Waals surface area contributed by atoms with E-state index < -0.39 is 0 Å². The molecule has 3 heteroatoms. The highest BCUT2D eigenvalue weighted by Gasteiger charge is 2.40. The van der Waals surface area contributed by atoms with E-state index in [9.17, 15) is 4.79 Å². The van der Waals surface area contributed by atoms with Crippen LogP contribution in [-0.2, 0) is 9.53 Å². The van der Waals surface area contributed by atoms with Crippen molar-refractivity contribution in [1.82, 2.24) is 0 Å². The molecule has 2 atom stereocenters. The van der Waals surface area contributed by atoms with Gasteiger partial charge in [0.05, 0.1) is 27.2 Å². The van der Waals surface area contributed by atoms with Crippen molar-refractivity contribution in [3.63, 3.8) is 0 Å². The van der Waals surface area contributed by atoms with Crippen LogP contribution in [0.3, 0.4) is 0 Å². The van der Waals surface area contributed by atoms with Crippen LogP contribution in [0.4, 0.5) is 0 Å². The molecule has 0 N–H and O–H groups in total. The summed E-state index contributed by atoms with van der Waals surface area (Å²) in [5.74, 6) is -0.154. The molecule has 1 heterocycles. The maximum atomic E-state index is 12.2. The van der Waals surface area contributed by atoms with Crippen LogP contribution < -0.4 is 0 Å². The second-order valence-electron chi connectivity index (χ2n) is 4.98. The number of rotatable bonds is 3. The zero-order valence-corrected chi connectivity index (χ0v) is 11.0. The molecule has 0 spiro atoms. The highest BCUT2D eigenvalue weighted by molar-refractivity contribution is 5.76. The summed E-state index contributed by atoms with van der Waals surface area (Å²) >= 11 is 0. The molecule has 2 rings (SSSR count). The van der Waals surface area contributed by atoms with Gasteiger partial charge in [-0.25, -0.2) is 4.79 Å². The summed E-state index contributed by atoms with van der Waals surface area (Å²) in [7, 11) is 3.59. The van der Waals surface area contributed by atoms with Gasteiger partial charge >= 0.3 is 5.97 Å². The minimum absolute atomic E-state index is 0.154. The number of nitrogens with zero attached hydrogens (tertiary/aromatic N) is 1. The lowest BCUT2D eigenvalue weighted by atomic mass is 10.0. The molecule has 0 aliphatic carbocycles. The summed E-state index contributed by atoms with van der Waals surface area (Å²) in [4.78, 5) is 12.2. The summed E-state index contributed by atoms with van der Waals surface area (Å²) in [6, 6.07) is 9.68. The first-order valence-corrected chi connectivity index (χ1v) is 6.29. The number of esters is 1. The highest BCUT2D eigenvalue weighted by Crippen LogP contribution is 2.30. The Bertz CT molecular complexity index is 441.